The number of aromatic amines is 1. The summed E-state index contributed by atoms with van der Waals surface area (Å²) in [5.41, 5.74) is 7.02. The van der Waals surface area contributed by atoms with Gasteiger partial charge in [-0.05, 0) is 18.2 Å². The van der Waals surface area contributed by atoms with E-state index in [9.17, 15) is 4.79 Å². The summed E-state index contributed by atoms with van der Waals surface area (Å²) in [5, 5.41) is 9.42. The second-order valence-electron chi connectivity index (χ2n) is 3.50. The molecular weight excluding hydrogens is 272 g/mol. The van der Waals surface area contributed by atoms with Gasteiger partial charge in [0.1, 0.15) is 4.99 Å². The normalized spacial score (nSPS) is 10.1. The molecule has 7 heteroatoms. The molecule has 0 unspecified atom stereocenters. The fourth-order valence-corrected chi connectivity index (χ4v) is 1.75. The summed E-state index contributed by atoms with van der Waals surface area (Å²) in [6, 6.07) is 4.91. The van der Waals surface area contributed by atoms with Crippen LogP contribution in [0.5, 0.6) is 0 Å². The van der Waals surface area contributed by atoms with Crippen molar-refractivity contribution in [2.75, 3.05) is 5.32 Å². The Kier molecular flexibility index (Phi) is 3.59. The first-order valence-corrected chi connectivity index (χ1v) is 5.76. The minimum absolute atomic E-state index is 0.189. The number of halogens is 1. The van der Waals surface area contributed by atoms with Crippen LogP contribution in [0.25, 0.3) is 0 Å². The summed E-state index contributed by atoms with van der Waals surface area (Å²) in [6.07, 6.45) is 2.90. The SMILES string of the molecule is NC(=S)c1ccc(Cl)cc1NC(=O)c1cn[nH]c1. The summed E-state index contributed by atoms with van der Waals surface area (Å²) < 4.78 is 0. The molecule has 1 amide bonds. The molecule has 0 aliphatic heterocycles. The van der Waals surface area contributed by atoms with Crippen molar-refractivity contribution in [3.8, 4) is 0 Å². The third-order valence-electron chi connectivity index (χ3n) is 2.26. The molecule has 0 atom stereocenters. The van der Waals surface area contributed by atoms with Gasteiger partial charge in [-0.3, -0.25) is 9.89 Å². The van der Waals surface area contributed by atoms with Crippen LogP contribution in [0.4, 0.5) is 5.69 Å². The number of nitrogens with one attached hydrogen (secondary N) is 2. The van der Waals surface area contributed by atoms with Gasteiger partial charge in [0.05, 0.1) is 17.4 Å². The van der Waals surface area contributed by atoms with E-state index in [1.165, 1.54) is 12.4 Å². The number of thiocarbonyl (C=S) groups is 1. The van der Waals surface area contributed by atoms with Crippen molar-refractivity contribution in [2.45, 2.75) is 0 Å². The molecule has 0 fully saturated rings. The number of rotatable bonds is 3. The molecule has 2 rings (SSSR count). The van der Waals surface area contributed by atoms with E-state index in [2.05, 4.69) is 15.5 Å². The maximum atomic E-state index is 11.9. The Bertz CT molecular complexity index is 597. The molecule has 0 saturated carbocycles. The van der Waals surface area contributed by atoms with Gasteiger partial charge in [0, 0.05) is 16.8 Å². The number of nitrogens with zero attached hydrogens (tertiary/aromatic N) is 1. The van der Waals surface area contributed by atoms with Crippen LogP contribution in [0.1, 0.15) is 15.9 Å². The molecule has 18 heavy (non-hydrogen) atoms. The predicted molar refractivity (Wildman–Crippen MR) is 73.9 cm³/mol. The fourth-order valence-electron chi connectivity index (χ4n) is 1.40. The Hall–Kier alpha value is -1.92. The van der Waals surface area contributed by atoms with E-state index in [4.69, 9.17) is 29.6 Å². The van der Waals surface area contributed by atoms with E-state index in [1.807, 2.05) is 0 Å². The number of hydrogen-bond donors (Lipinski definition) is 3. The van der Waals surface area contributed by atoms with Gasteiger partial charge in [-0.2, -0.15) is 5.10 Å². The Balaban J connectivity index is 2.31. The van der Waals surface area contributed by atoms with Gasteiger partial charge in [0.25, 0.3) is 5.91 Å². The topological polar surface area (TPSA) is 83.8 Å². The summed E-state index contributed by atoms with van der Waals surface area (Å²) in [4.78, 5) is 12.1. The minimum Gasteiger partial charge on any atom is -0.389 e. The smallest absolute Gasteiger partial charge is 0.258 e. The zero-order chi connectivity index (χ0) is 13.1. The van der Waals surface area contributed by atoms with E-state index < -0.39 is 0 Å². The van der Waals surface area contributed by atoms with Crippen LogP contribution in [-0.4, -0.2) is 21.1 Å². The van der Waals surface area contributed by atoms with E-state index in [0.29, 0.717) is 21.8 Å². The third kappa shape index (κ3) is 2.66. The molecule has 1 aromatic carbocycles. The van der Waals surface area contributed by atoms with Crippen molar-refractivity contribution in [3.05, 3.63) is 46.7 Å². The zero-order valence-corrected chi connectivity index (χ0v) is 10.7. The number of benzene rings is 1. The molecule has 92 valence electrons. The Morgan fingerprint density at radius 1 is 1.50 bits per heavy atom. The molecule has 4 N–H and O–H groups in total. The lowest BCUT2D eigenvalue weighted by Crippen LogP contribution is -2.17. The highest BCUT2D eigenvalue weighted by Crippen LogP contribution is 2.21. The molecule has 2 aromatic rings. The summed E-state index contributed by atoms with van der Waals surface area (Å²) in [7, 11) is 0. The van der Waals surface area contributed by atoms with Gasteiger partial charge in [0.15, 0.2) is 0 Å². The van der Waals surface area contributed by atoms with Crippen molar-refractivity contribution in [3.63, 3.8) is 0 Å². The van der Waals surface area contributed by atoms with Gasteiger partial charge >= 0.3 is 0 Å². The van der Waals surface area contributed by atoms with Gasteiger partial charge in [-0.25, -0.2) is 0 Å². The molecule has 1 heterocycles. The van der Waals surface area contributed by atoms with Crippen molar-refractivity contribution in [1.82, 2.24) is 10.2 Å². The number of carbonyl (C=O) groups is 1. The number of aromatic nitrogens is 2. The number of amides is 1. The largest absolute Gasteiger partial charge is 0.389 e. The molecule has 5 nitrogen and oxygen atoms in total. The maximum absolute atomic E-state index is 11.9. The Labute approximate surface area is 113 Å². The molecule has 0 bridgehead atoms. The van der Waals surface area contributed by atoms with Crippen LogP contribution in [0.2, 0.25) is 5.02 Å². The summed E-state index contributed by atoms with van der Waals surface area (Å²) >= 11 is 10.8. The van der Waals surface area contributed by atoms with Crippen LogP contribution in [0.15, 0.2) is 30.6 Å². The number of hydrogen-bond acceptors (Lipinski definition) is 3. The molecule has 0 saturated heterocycles. The lowest BCUT2D eigenvalue weighted by Gasteiger charge is -2.09. The van der Waals surface area contributed by atoms with Crippen molar-refractivity contribution >= 4 is 40.4 Å². The molecule has 0 aliphatic rings. The number of anilines is 1. The quantitative estimate of drug-likeness (QED) is 0.751. The Morgan fingerprint density at radius 2 is 2.28 bits per heavy atom. The van der Waals surface area contributed by atoms with Gasteiger partial charge in [-0.15, -0.1) is 0 Å². The standard InChI is InChI=1S/C11H9ClN4OS/c12-7-1-2-8(10(13)18)9(3-7)16-11(17)6-4-14-15-5-6/h1-5H,(H2,13,18)(H,14,15)(H,16,17). The first-order chi connectivity index (χ1) is 8.58. The Morgan fingerprint density at radius 3 is 2.89 bits per heavy atom. The lowest BCUT2D eigenvalue weighted by molar-refractivity contribution is 0.102. The molecule has 0 spiro atoms. The van der Waals surface area contributed by atoms with Crippen LogP contribution in [-0.2, 0) is 0 Å². The van der Waals surface area contributed by atoms with Crippen molar-refractivity contribution in [1.29, 1.82) is 0 Å². The third-order valence-corrected chi connectivity index (χ3v) is 2.71. The average molecular weight is 281 g/mol. The van der Waals surface area contributed by atoms with E-state index in [0.717, 1.165) is 0 Å². The first kappa shape index (κ1) is 12.5. The molecular formula is C11H9ClN4OS. The van der Waals surface area contributed by atoms with E-state index in [-0.39, 0.29) is 10.9 Å². The van der Waals surface area contributed by atoms with Crippen molar-refractivity contribution < 1.29 is 4.79 Å². The number of carbonyl (C=O) groups excluding carboxylic acids is 1. The predicted octanol–water partition coefficient (Wildman–Crippen LogP) is 1.95. The summed E-state index contributed by atoms with van der Waals surface area (Å²) in [5.74, 6) is -0.316. The van der Waals surface area contributed by atoms with Gasteiger partial charge < -0.3 is 11.1 Å². The second-order valence-corrected chi connectivity index (χ2v) is 4.37. The van der Waals surface area contributed by atoms with Crippen molar-refractivity contribution in [2.24, 2.45) is 5.73 Å². The molecule has 0 radical (unpaired) electrons. The second kappa shape index (κ2) is 5.16. The fraction of sp³-hybridized carbons (Fsp3) is 0. The molecule has 0 aliphatic carbocycles. The van der Waals surface area contributed by atoms with Gasteiger partial charge in [0.2, 0.25) is 0 Å². The lowest BCUT2D eigenvalue weighted by atomic mass is 10.1. The average Bonchev–Trinajstić information content (AvgIpc) is 2.81. The highest BCUT2D eigenvalue weighted by atomic mass is 35.5. The van der Waals surface area contributed by atoms with Crippen LogP contribution < -0.4 is 11.1 Å². The highest BCUT2D eigenvalue weighted by molar-refractivity contribution is 7.80. The monoisotopic (exact) mass is 280 g/mol. The number of nitrogens with two attached hydrogens (primary N) is 1. The highest BCUT2D eigenvalue weighted by Gasteiger charge is 2.11. The van der Waals surface area contributed by atoms with Gasteiger partial charge in [-0.1, -0.05) is 23.8 Å². The van der Waals surface area contributed by atoms with Crippen LogP contribution in [0, 0.1) is 0 Å². The van der Waals surface area contributed by atoms with Crippen LogP contribution in [0.3, 0.4) is 0 Å². The van der Waals surface area contributed by atoms with E-state index in [1.54, 1.807) is 18.2 Å². The maximum Gasteiger partial charge on any atom is 0.258 e. The molecule has 1 aromatic heterocycles. The zero-order valence-electron chi connectivity index (χ0n) is 9.11. The number of H-pyrrole nitrogens is 1. The summed E-state index contributed by atoms with van der Waals surface area (Å²) in [6.45, 7) is 0. The van der Waals surface area contributed by atoms with E-state index >= 15 is 0 Å². The first-order valence-electron chi connectivity index (χ1n) is 4.97. The minimum atomic E-state index is -0.316. The van der Waals surface area contributed by atoms with Crippen LogP contribution >= 0.6 is 23.8 Å².